The molecule has 58 valence electrons. The van der Waals surface area contributed by atoms with Crippen LogP contribution in [0.1, 0.15) is 27.7 Å². The van der Waals surface area contributed by atoms with Crippen LogP contribution in [-0.2, 0) is 9.63 Å². The van der Waals surface area contributed by atoms with Gasteiger partial charge >= 0.3 is 5.97 Å². The number of carbonyl (C=O) groups excluding carboxylic acids is 1. The van der Waals surface area contributed by atoms with Crippen molar-refractivity contribution in [2.75, 3.05) is 0 Å². The molecule has 0 N–H and O–H groups in total. The molecule has 0 aliphatic rings. The standard InChI is InChI=1S/C7H13NO2/c1-5(2)6(3)8-10-7(4)9/h5H,1-4H3/b8-6+. The van der Waals surface area contributed by atoms with Crippen LogP contribution in [0.4, 0.5) is 0 Å². The summed E-state index contributed by atoms with van der Waals surface area (Å²) in [4.78, 5) is 14.7. The van der Waals surface area contributed by atoms with E-state index in [1.54, 1.807) is 0 Å². The fourth-order valence-corrected chi connectivity index (χ4v) is 0.242. The van der Waals surface area contributed by atoms with Crippen LogP contribution in [0.2, 0.25) is 0 Å². The molecule has 0 saturated heterocycles. The van der Waals surface area contributed by atoms with E-state index in [1.165, 1.54) is 6.92 Å². The number of hydrogen-bond acceptors (Lipinski definition) is 3. The van der Waals surface area contributed by atoms with Crippen LogP contribution in [0.3, 0.4) is 0 Å². The van der Waals surface area contributed by atoms with Gasteiger partial charge in [-0.3, -0.25) is 0 Å². The Balaban J connectivity index is 3.80. The Labute approximate surface area is 61.1 Å². The van der Waals surface area contributed by atoms with Gasteiger partial charge in [0.1, 0.15) is 0 Å². The van der Waals surface area contributed by atoms with Crippen LogP contribution in [0.5, 0.6) is 0 Å². The van der Waals surface area contributed by atoms with Crippen molar-refractivity contribution in [3.05, 3.63) is 0 Å². The first-order valence-electron chi connectivity index (χ1n) is 3.26. The quantitative estimate of drug-likeness (QED) is 0.334. The highest BCUT2D eigenvalue weighted by Crippen LogP contribution is 1.96. The van der Waals surface area contributed by atoms with E-state index in [4.69, 9.17) is 0 Å². The zero-order valence-corrected chi connectivity index (χ0v) is 6.84. The number of oxime groups is 1. The highest BCUT2D eigenvalue weighted by molar-refractivity contribution is 5.83. The predicted octanol–water partition coefficient (Wildman–Crippen LogP) is 1.58. The number of nitrogens with zero attached hydrogens (tertiary/aromatic N) is 1. The van der Waals surface area contributed by atoms with Gasteiger partial charge in [0.25, 0.3) is 0 Å². The molecule has 0 radical (unpaired) electrons. The summed E-state index contributed by atoms with van der Waals surface area (Å²) in [6.45, 7) is 7.13. The summed E-state index contributed by atoms with van der Waals surface area (Å²) >= 11 is 0. The van der Waals surface area contributed by atoms with E-state index in [-0.39, 0.29) is 5.97 Å². The topological polar surface area (TPSA) is 38.7 Å². The van der Waals surface area contributed by atoms with Gasteiger partial charge in [0.2, 0.25) is 0 Å². The lowest BCUT2D eigenvalue weighted by atomic mass is 10.1. The second-order valence-corrected chi connectivity index (χ2v) is 2.47. The average Bonchev–Trinajstić information content (AvgIpc) is 1.82. The summed E-state index contributed by atoms with van der Waals surface area (Å²) in [5, 5.41) is 3.59. The van der Waals surface area contributed by atoms with Gasteiger partial charge in [0.15, 0.2) is 0 Å². The summed E-state index contributed by atoms with van der Waals surface area (Å²) in [6.07, 6.45) is 0. The second-order valence-electron chi connectivity index (χ2n) is 2.47. The zero-order chi connectivity index (χ0) is 8.15. The Kier molecular flexibility index (Phi) is 3.69. The lowest BCUT2D eigenvalue weighted by molar-refractivity contribution is -0.140. The van der Waals surface area contributed by atoms with E-state index < -0.39 is 0 Å². The molecule has 3 heteroatoms. The van der Waals surface area contributed by atoms with E-state index in [9.17, 15) is 4.79 Å². The van der Waals surface area contributed by atoms with Crippen molar-refractivity contribution in [2.24, 2.45) is 11.1 Å². The van der Waals surface area contributed by atoms with Gasteiger partial charge in [-0.25, -0.2) is 4.79 Å². The van der Waals surface area contributed by atoms with Crippen molar-refractivity contribution in [3.63, 3.8) is 0 Å². The van der Waals surface area contributed by atoms with Gasteiger partial charge in [-0.1, -0.05) is 19.0 Å². The molecule has 0 unspecified atom stereocenters. The highest BCUT2D eigenvalue weighted by Gasteiger charge is 1.98. The molecule has 0 saturated carbocycles. The van der Waals surface area contributed by atoms with Gasteiger partial charge in [-0.2, -0.15) is 0 Å². The van der Waals surface area contributed by atoms with Crippen molar-refractivity contribution in [2.45, 2.75) is 27.7 Å². The van der Waals surface area contributed by atoms with Crippen LogP contribution in [0.25, 0.3) is 0 Å². The van der Waals surface area contributed by atoms with Crippen molar-refractivity contribution >= 4 is 11.7 Å². The number of rotatable bonds is 2. The molecule has 0 atom stereocenters. The first-order chi connectivity index (χ1) is 4.54. The molecule has 0 aromatic carbocycles. The first kappa shape index (κ1) is 9.14. The molecule has 0 rings (SSSR count). The molecule has 3 nitrogen and oxygen atoms in total. The predicted molar refractivity (Wildman–Crippen MR) is 39.7 cm³/mol. The van der Waals surface area contributed by atoms with Gasteiger partial charge in [-0.15, -0.1) is 0 Å². The monoisotopic (exact) mass is 143 g/mol. The van der Waals surface area contributed by atoms with Gasteiger partial charge in [0.05, 0.1) is 5.71 Å². The van der Waals surface area contributed by atoms with E-state index in [0.29, 0.717) is 5.92 Å². The lowest BCUT2D eigenvalue weighted by Crippen LogP contribution is -2.04. The van der Waals surface area contributed by atoms with Crippen molar-refractivity contribution in [3.8, 4) is 0 Å². The minimum Gasteiger partial charge on any atom is -0.319 e. The minimum atomic E-state index is -0.375. The van der Waals surface area contributed by atoms with Gasteiger partial charge in [0, 0.05) is 6.92 Å². The fourth-order valence-electron chi connectivity index (χ4n) is 0.242. The van der Waals surface area contributed by atoms with E-state index in [0.717, 1.165) is 5.71 Å². The molecular weight excluding hydrogens is 130 g/mol. The third kappa shape index (κ3) is 4.06. The summed E-state index contributed by atoms with van der Waals surface area (Å²) in [7, 11) is 0. The molecule has 0 aromatic rings. The SMILES string of the molecule is CC(=O)O/N=C(\C)C(C)C. The minimum absolute atomic E-state index is 0.333. The first-order valence-corrected chi connectivity index (χ1v) is 3.26. The Morgan fingerprint density at radius 1 is 1.40 bits per heavy atom. The molecule has 0 heterocycles. The van der Waals surface area contributed by atoms with Gasteiger partial charge in [-0.05, 0) is 12.8 Å². The molecule has 10 heavy (non-hydrogen) atoms. The van der Waals surface area contributed by atoms with Crippen LogP contribution < -0.4 is 0 Å². The maximum Gasteiger partial charge on any atom is 0.331 e. The average molecular weight is 143 g/mol. The molecule has 0 amide bonds. The molecule has 0 aliphatic heterocycles. The molecular formula is C7H13NO2. The molecule has 0 bridgehead atoms. The Morgan fingerprint density at radius 2 is 1.90 bits per heavy atom. The Hall–Kier alpha value is -0.860. The Morgan fingerprint density at radius 3 is 2.20 bits per heavy atom. The molecule has 0 aliphatic carbocycles. The third-order valence-electron chi connectivity index (χ3n) is 1.15. The van der Waals surface area contributed by atoms with Crippen molar-refractivity contribution < 1.29 is 9.63 Å². The highest BCUT2D eigenvalue weighted by atomic mass is 16.7. The van der Waals surface area contributed by atoms with Crippen LogP contribution in [-0.4, -0.2) is 11.7 Å². The fraction of sp³-hybridized carbons (Fsp3) is 0.714. The summed E-state index contributed by atoms with van der Waals surface area (Å²) < 4.78 is 0. The van der Waals surface area contributed by atoms with Crippen LogP contribution >= 0.6 is 0 Å². The van der Waals surface area contributed by atoms with Gasteiger partial charge < -0.3 is 4.84 Å². The zero-order valence-electron chi connectivity index (χ0n) is 6.84. The molecule has 0 aromatic heterocycles. The maximum absolute atomic E-state index is 10.2. The molecule has 0 fully saturated rings. The van der Waals surface area contributed by atoms with E-state index >= 15 is 0 Å². The normalized spacial score (nSPS) is 11.9. The van der Waals surface area contributed by atoms with Crippen LogP contribution in [0, 0.1) is 5.92 Å². The third-order valence-corrected chi connectivity index (χ3v) is 1.15. The molecule has 0 spiro atoms. The van der Waals surface area contributed by atoms with Crippen LogP contribution in [0.15, 0.2) is 5.16 Å². The lowest BCUT2D eigenvalue weighted by Gasteiger charge is -2.00. The van der Waals surface area contributed by atoms with Crippen molar-refractivity contribution in [1.82, 2.24) is 0 Å². The summed E-state index contributed by atoms with van der Waals surface area (Å²) in [5.41, 5.74) is 0.829. The summed E-state index contributed by atoms with van der Waals surface area (Å²) in [6, 6.07) is 0. The number of carbonyl (C=O) groups is 1. The Bertz CT molecular complexity index is 150. The second kappa shape index (κ2) is 4.04. The van der Waals surface area contributed by atoms with Crippen molar-refractivity contribution in [1.29, 1.82) is 0 Å². The van der Waals surface area contributed by atoms with E-state index in [1.807, 2.05) is 20.8 Å². The smallest absolute Gasteiger partial charge is 0.319 e. The number of hydrogen-bond donors (Lipinski definition) is 0. The largest absolute Gasteiger partial charge is 0.331 e. The maximum atomic E-state index is 10.2. The van der Waals surface area contributed by atoms with E-state index in [2.05, 4.69) is 9.99 Å². The summed E-state index contributed by atoms with van der Waals surface area (Å²) in [5.74, 6) is -0.0423.